The Morgan fingerprint density at radius 2 is 1.79 bits per heavy atom. The summed E-state index contributed by atoms with van der Waals surface area (Å²) in [7, 11) is 0. The second kappa shape index (κ2) is 7.60. The molecule has 7 nitrogen and oxygen atoms in total. The molecule has 0 unspecified atom stereocenters. The van der Waals surface area contributed by atoms with Crippen LogP contribution in [0.3, 0.4) is 0 Å². The van der Waals surface area contributed by atoms with E-state index in [9.17, 15) is 8.78 Å². The molecule has 178 valence electrons. The van der Waals surface area contributed by atoms with Gasteiger partial charge < -0.3 is 9.64 Å². The molecule has 3 aromatic rings. The van der Waals surface area contributed by atoms with E-state index in [4.69, 9.17) is 24.7 Å². The van der Waals surface area contributed by atoms with Gasteiger partial charge in [0.25, 0.3) is 0 Å². The number of ether oxygens (including phenoxy) is 1. The van der Waals surface area contributed by atoms with Crippen molar-refractivity contribution in [3.05, 3.63) is 46.7 Å². The lowest BCUT2D eigenvalue weighted by Crippen LogP contribution is -2.53. The van der Waals surface area contributed by atoms with Crippen molar-refractivity contribution in [1.29, 1.82) is 0 Å². The number of nitrogens with zero attached hydrogens (tertiary/aromatic N) is 6. The van der Waals surface area contributed by atoms with Crippen LogP contribution in [0.15, 0.2) is 18.3 Å². The summed E-state index contributed by atoms with van der Waals surface area (Å²) < 4.78 is 33.2. The zero-order chi connectivity index (χ0) is 23.7. The number of alkyl halides is 2. The highest BCUT2D eigenvalue weighted by Crippen LogP contribution is 2.67. The van der Waals surface area contributed by atoms with E-state index in [1.165, 1.54) is 0 Å². The van der Waals surface area contributed by atoms with E-state index in [-0.39, 0.29) is 30.3 Å². The van der Waals surface area contributed by atoms with E-state index in [2.05, 4.69) is 9.88 Å². The number of pyridine rings is 1. The third-order valence-electron chi connectivity index (χ3n) is 7.61. The van der Waals surface area contributed by atoms with Crippen LogP contribution in [0.4, 0.5) is 14.7 Å². The number of hydrogen-bond donors (Lipinski definition) is 0. The molecule has 0 bridgehead atoms. The first-order valence-corrected chi connectivity index (χ1v) is 11.9. The zero-order valence-electron chi connectivity index (χ0n) is 19.7. The second-order valence-corrected chi connectivity index (χ2v) is 10.3. The maximum absolute atomic E-state index is 13.6. The third kappa shape index (κ3) is 3.70. The van der Waals surface area contributed by atoms with Gasteiger partial charge in [-0.1, -0.05) is 0 Å². The van der Waals surface area contributed by atoms with Crippen LogP contribution in [0.5, 0.6) is 0 Å². The van der Waals surface area contributed by atoms with Gasteiger partial charge in [-0.2, -0.15) is 4.98 Å². The Morgan fingerprint density at radius 3 is 2.53 bits per heavy atom. The van der Waals surface area contributed by atoms with Gasteiger partial charge in [0.2, 0.25) is 11.9 Å². The Labute approximate surface area is 197 Å². The molecule has 1 atom stereocenters. The van der Waals surface area contributed by atoms with E-state index in [0.29, 0.717) is 36.8 Å². The zero-order valence-corrected chi connectivity index (χ0v) is 19.7. The number of fused-ring (bicyclic) bond motifs is 1. The fraction of sp³-hybridized carbons (Fsp3) is 0.560. The first-order valence-electron chi connectivity index (χ1n) is 11.9. The van der Waals surface area contributed by atoms with Crippen molar-refractivity contribution in [2.45, 2.75) is 64.4 Å². The number of aromatic nitrogens is 5. The van der Waals surface area contributed by atoms with Gasteiger partial charge in [0, 0.05) is 37.2 Å². The predicted octanol–water partition coefficient (Wildman–Crippen LogP) is 4.61. The Bertz CT molecular complexity index is 1270. The van der Waals surface area contributed by atoms with E-state index in [0.717, 1.165) is 41.2 Å². The summed E-state index contributed by atoms with van der Waals surface area (Å²) in [6.07, 6.45) is 3.14. The Kier molecular flexibility index (Phi) is 4.85. The second-order valence-electron chi connectivity index (χ2n) is 10.3. The van der Waals surface area contributed by atoms with Crippen LogP contribution in [0.1, 0.15) is 66.0 Å². The van der Waals surface area contributed by atoms with Gasteiger partial charge in [0.1, 0.15) is 11.6 Å². The lowest BCUT2D eigenvalue weighted by molar-refractivity contribution is -0.196. The smallest absolute Gasteiger partial charge is 0.249 e. The number of morpholine rings is 1. The fourth-order valence-electron chi connectivity index (χ4n) is 5.86. The van der Waals surface area contributed by atoms with Crippen LogP contribution in [0.2, 0.25) is 0 Å². The van der Waals surface area contributed by atoms with E-state index in [1.54, 1.807) is 6.20 Å². The molecule has 3 fully saturated rings. The predicted molar refractivity (Wildman–Crippen MR) is 123 cm³/mol. The van der Waals surface area contributed by atoms with Crippen molar-refractivity contribution in [2.75, 3.05) is 24.6 Å². The Hall–Kier alpha value is -2.81. The highest BCUT2D eigenvalue weighted by atomic mass is 19.3. The number of anilines is 1. The average Bonchev–Trinajstić information content (AvgIpc) is 2.76. The largest absolute Gasteiger partial charge is 0.370 e. The Balaban J connectivity index is 1.33. The maximum Gasteiger partial charge on any atom is 0.249 e. The molecule has 2 aliphatic carbocycles. The van der Waals surface area contributed by atoms with Crippen LogP contribution >= 0.6 is 0 Å². The minimum Gasteiger partial charge on any atom is -0.370 e. The maximum atomic E-state index is 13.6. The number of aryl methyl sites for hydroxylation is 3. The van der Waals surface area contributed by atoms with Gasteiger partial charge in [-0.05, 0) is 56.7 Å². The molecular formula is C25H28F2N6O. The number of hydrogen-bond acceptors (Lipinski definition) is 7. The third-order valence-corrected chi connectivity index (χ3v) is 7.61. The molecule has 1 saturated heterocycles. The highest BCUT2D eigenvalue weighted by molar-refractivity contribution is 5.75. The number of halogens is 2. The quantitative estimate of drug-likeness (QED) is 0.558. The van der Waals surface area contributed by atoms with Gasteiger partial charge >= 0.3 is 0 Å². The van der Waals surface area contributed by atoms with Crippen LogP contribution in [-0.4, -0.2) is 50.5 Å². The standard InChI is InChI=1S/C25H28F2N6O/c1-14-8-17(4-5-28-14)19-11-33(6-7-34-19)23-31-20(18-9-24(10-18)12-25(26,27)13-24)21-22(32-23)30-16(3)15(2)29-21/h4-5,8,18-19H,6-7,9-13H2,1-3H3/t19-/m0/s1. The summed E-state index contributed by atoms with van der Waals surface area (Å²) in [4.78, 5) is 25.7. The molecule has 0 aromatic carbocycles. The van der Waals surface area contributed by atoms with Gasteiger partial charge in [0.05, 0.1) is 30.2 Å². The van der Waals surface area contributed by atoms with Crippen molar-refractivity contribution >= 4 is 17.1 Å². The van der Waals surface area contributed by atoms with E-state index in [1.807, 2.05) is 32.9 Å². The van der Waals surface area contributed by atoms with Crippen molar-refractivity contribution in [2.24, 2.45) is 5.41 Å². The van der Waals surface area contributed by atoms with Crippen LogP contribution in [0, 0.1) is 26.2 Å². The van der Waals surface area contributed by atoms with Gasteiger partial charge in [-0.25, -0.2) is 23.7 Å². The van der Waals surface area contributed by atoms with E-state index < -0.39 is 5.92 Å². The molecule has 1 spiro atoms. The fourth-order valence-corrected chi connectivity index (χ4v) is 5.86. The first kappa shape index (κ1) is 21.7. The summed E-state index contributed by atoms with van der Waals surface area (Å²) >= 11 is 0. The molecule has 9 heteroatoms. The molecule has 0 radical (unpaired) electrons. The van der Waals surface area contributed by atoms with E-state index >= 15 is 0 Å². The van der Waals surface area contributed by atoms with Crippen molar-refractivity contribution < 1.29 is 13.5 Å². The monoisotopic (exact) mass is 466 g/mol. The molecule has 0 N–H and O–H groups in total. The summed E-state index contributed by atoms with van der Waals surface area (Å²) in [6, 6.07) is 4.02. The van der Waals surface area contributed by atoms with Gasteiger partial charge in [-0.15, -0.1) is 0 Å². The normalized spacial score (nSPS) is 23.7. The molecule has 1 aliphatic heterocycles. The SMILES string of the molecule is Cc1cc([C@@H]2CN(c3nc(C4CC5(C4)CC(F)(F)C5)c4nc(C)c(C)nc4n3)CCO2)ccn1. The molecule has 34 heavy (non-hydrogen) atoms. The van der Waals surface area contributed by atoms with Crippen LogP contribution < -0.4 is 4.90 Å². The number of rotatable bonds is 3. The average molecular weight is 467 g/mol. The molecule has 6 rings (SSSR count). The lowest BCUT2D eigenvalue weighted by Gasteiger charge is -2.57. The minimum absolute atomic E-state index is 0.00726. The Morgan fingerprint density at radius 1 is 1.03 bits per heavy atom. The van der Waals surface area contributed by atoms with Crippen molar-refractivity contribution in [1.82, 2.24) is 24.9 Å². The highest BCUT2D eigenvalue weighted by Gasteiger charge is 2.62. The van der Waals surface area contributed by atoms with Crippen molar-refractivity contribution in [3.63, 3.8) is 0 Å². The molecule has 2 saturated carbocycles. The lowest BCUT2D eigenvalue weighted by atomic mass is 9.49. The molecule has 4 heterocycles. The van der Waals surface area contributed by atoms with Crippen LogP contribution in [0.25, 0.3) is 11.2 Å². The summed E-state index contributed by atoms with van der Waals surface area (Å²) in [5.74, 6) is -1.79. The van der Waals surface area contributed by atoms with Crippen molar-refractivity contribution in [3.8, 4) is 0 Å². The van der Waals surface area contributed by atoms with Gasteiger partial charge in [0.15, 0.2) is 5.65 Å². The summed E-state index contributed by atoms with van der Waals surface area (Å²) in [5, 5.41) is 0. The topological polar surface area (TPSA) is 76.9 Å². The minimum atomic E-state index is -2.51. The molecule has 3 aliphatic rings. The van der Waals surface area contributed by atoms with Crippen LogP contribution in [-0.2, 0) is 4.74 Å². The van der Waals surface area contributed by atoms with Gasteiger partial charge in [-0.3, -0.25) is 4.98 Å². The summed E-state index contributed by atoms with van der Waals surface area (Å²) in [5.41, 5.74) is 5.59. The summed E-state index contributed by atoms with van der Waals surface area (Å²) in [6.45, 7) is 7.67. The molecule has 3 aromatic heterocycles. The molecular weight excluding hydrogens is 438 g/mol. The first-order chi connectivity index (χ1) is 16.2. The molecule has 0 amide bonds.